The van der Waals surface area contributed by atoms with Crippen LogP contribution in [0.4, 0.5) is 16.2 Å². The number of nitrogens with zero attached hydrogens (tertiary/aromatic N) is 4. The van der Waals surface area contributed by atoms with Gasteiger partial charge in [0.25, 0.3) is 5.91 Å². The topological polar surface area (TPSA) is 92.7 Å². The van der Waals surface area contributed by atoms with Crippen LogP contribution >= 0.6 is 34.3 Å². The second-order valence-corrected chi connectivity index (χ2v) is 7.15. The zero-order chi connectivity index (χ0) is 17.2. The Morgan fingerprint density at radius 3 is 2.80 bits per heavy atom. The van der Waals surface area contributed by atoms with E-state index >= 15 is 0 Å². The highest BCUT2D eigenvalue weighted by Crippen LogP contribution is 2.28. The number of amides is 1. The van der Waals surface area contributed by atoms with Gasteiger partial charge in [0.2, 0.25) is 5.95 Å². The van der Waals surface area contributed by atoms with E-state index in [9.17, 15) is 4.79 Å². The number of benzene rings is 1. The Kier molecular flexibility index (Phi) is 4.26. The fourth-order valence-electron chi connectivity index (χ4n) is 2.01. The molecule has 1 amide bonds. The summed E-state index contributed by atoms with van der Waals surface area (Å²) in [5.41, 5.74) is 1.08. The van der Waals surface area contributed by atoms with Crippen molar-refractivity contribution in [3.63, 3.8) is 0 Å². The van der Waals surface area contributed by atoms with E-state index in [1.807, 2.05) is 12.1 Å². The highest BCUT2D eigenvalue weighted by atomic mass is 35.5. The summed E-state index contributed by atoms with van der Waals surface area (Å²) in [5, 5.41) is 9.02. The number of nitrogens with one attached hydrogen (secondary N) is 2. The first kappa shape index (κ1) is 15.9. The number of fused-ring (bicyclic) bond motifs is 1. The molecule has 3 aromatic heterocycles. The molecule has 0 unspecified atom stereocenters. The van der Waals surface area contributed by atoms with E-state index in [0.717, 1.165) is 10.2 Å². The lowest BCUT2D eigenvalue weighted by Crippen LogP contribution is -2.12. The molecule has 25 heavy (non-hydrogen) atoms. The Hall–Kier alpha value is -2.62. The summed E-state index contributed by atoms with van der Waals surface area (Å²) in [4.78, 5) is 29.0. The molecule has 2 N–H and O–H groups in total. The third-order valence-corrected chi connectivity index (χ3v) is 5.02. The van der Waals surface area contributed by atoms with Crippen molar-refractivity contribution < 1.29 is 4.79 Å². The predicted molar refractivity (Wildman–Crippen MR) is 100 cm³/mol. The van der Waals surface area contributed by atoms with E-state index < -0.39 is 0 Å². The molecule has 0 spiro atoms. The third kappa shape index (κ3) is 3.58. The molecule has 0 aliphatic rings. The van der Waals surface area contributed by atoms with Gasteiger partial charge in [-0.3, -0.25) is 10.1 Å². The lowest BCUT2D eigenvalue weighted by molar-refractivity contribution is 0.102. The van der Waals surface area contributed by atoms with Crippen LogP contribution in [0.25, 0.3) is 10.2 Å². The highest BCUT2D eigenvalue weighted by Gasteiger charge is 2.14. The van der Waals surface area contributed by atoms with Crippen LogP contribution in [0, 0.1) is 0 Å². The number of halogens is 1. The quantitative estimate of drug-likeness (QED) is 0.544. The first-order valence-corrected chi connectivity index (χ1v) is 9.12. The van der Waals surface area contributed by atoms with Crippen LogP contribution in [0.2, 0.25) is 5.02 Å². The van der Waals surface area contributed by atoms with Crippen molar-refractivity contribution in [3.05, 3.63) is 52.8 Å². The van der Waals surface area contributed by atoms with Crippen LogP contribution in [0.1, 0.15) is 10.5 Å². The van der Waals surface area contributed by atoms with E-state index in [1.165, 1.54) is 22.7 Å². The van der Waals surface area contributed by atoms with Crippen LogP contribution in [-0.2, 0) is 0 Å². The van der Waals surface area contributed by atoms with Gasteiger partial charge in [-0.15, -0.1) is 11.3 Å². The maximum atomic E-state index is 12.3. The molecule has 0 bridgehead atoms. The van der Waals surface area contributed by atoms with Gasteiger partial charge in [-0.1, -0.05) is 22.9 Å². The Morgan fingerprint density at radius 1 is 1.12 bits per heavy atom. The molecule has 0 fully saturated rings. The number of carbonyl (C=O) groups is 1. The Balaban J connectivity index is 1.49. The van der Waals surface area contributed by atoms with E-state index in [4.69, 9.17) is 11.6 Å². The fraction of sp³-hybridized carbons (Fsp3) is 0. The van der Waals surface area contributed by atoms with E-state index in [-0.39, 0.29) is 5.91 Å². The molecule has 10 heteroatoms. The van der Waals surface area contributed by atoms with Crippen molar-refractivity contribution in [1.82, 2.24) is 19.9 Å². The van der Waals surface area contributed by atoms with Gasteiger partial charge in [0.15, 0.2) is 10.3 Å². The molecule has 0 aliphatic carbocycles. The molecule has 0 aliphatic heterocycles. The molecule has 0 radical (unpaired) electrons. The number of thiazole rings is 2. The number of hydrogen-bond donors (Lipinski definition) is 2. The maximum Gasteiger partial charge on any atom is 0.276 e. The molecule has 7 nitrogen and oxygen atoms in total. The van der Waals surface area contributed by atoms with Crippen molar-refractivity contribution in [1.29, 1.82) is 0 Å². The van der Waals surface area contributed by atoms with Gasteiger partial charge < -0.3 is 5.32 Å². The molecule has 3 heterocycles. The standard InChI is InChI=1S/C15H9ClN6OS2/c16-8-2-3-9-11(6-8)25-15(19-9)21-12(23)10-7-24-14(20-10)22-13-17-4-1-5-18-13/h1-7H,(H,19,21,23)(H,17,18,20,22). The van der Waals surface area contributed by atoms with Crippen LogP contribution < -0.4 is 10.6 Å². The first-order chi connectivity index (χ1) is 12.2. The monoisotopic (exact) mass is 388 g/mol. The van der Waals surface area contributed by atoms with Crippen LogP contribution in [0.15, 0.2) is 42.0 Å². The van der Waals surface area contributed by atoms with Crippen molar-refractivity contribution in [2.45, 2.75) is 0 Å². The summed E-state index contributed by atoms with van der Waals surface area (Å²) < 4.78 is 0.907. The molecular weight excluding hydrogens is 380 g/mol. The summed E-state index contributed by atoms with van der Waals surface area (Å²) in [6, 6.07) is 7.11. The SMILES string of the molecule is O=C(Nc1nc2ccc(Cl)cc2s1)c1csc(Nc2ncccn2)n1. The minimum Gasteiger partial charge on any atom is -0.300 e. The summed E-state index contributed by atoms with van der Waals surface area (Å²) >= 11 is 8.61. The summed E-state index contributed by atoms with van der Waals surface area (Å²) in [6.45, 7) is 0. The Labute approximate surface area is 154 Å². The van der Waals surface area contributed by atoms with Gasteiger partial charge in [-0.05, 0) is 24.3 Å². The van der Waals surface area contributed by atoms with Crippen LogP contribution in [-0.4, -0.2) is 25.8 Å². The molecule has 0 saturated carbocycles. The molecule has 4 rings (SSSR count). The smallest absolute Gasteiger partial charge is 0.276 e. The maximum absolute atomic E-state index is 12.3. The second kappa shape index (κ2) is 6.71. The predicted octanol–water partition coefficient (Wildman–Crippen LogP) is 4.19. The largest absolute Gasteiger partial charge is 0.300 e. The Morgan fingerprint density at radius 2 is 1.96 bits per heavy atom. The Bertz CT molecular complexity index is 1050. The average molecular weight is 389 g/mol. The van der Waals surface area contributed by atoms with Gasteiger partial charge in [0.05, 0.1) is 10.2 Å². The number of carbonyl (C=O) groups excluding carboxylic acids is 1. The second-order valence-electron chi connectivity index (χ2n) is 4.82. The number of hydrogen-bond acceptors (Lipinski definition) is 8. The summed E-state index contributed by atoms with van der Waals surface area (Å²) in [7, 11) is 0. The molecule has 0 atom stereocenters. The van der Waals surface area contributed by atoms with Crippen LogP contribution in [0.3, 0.4) is 0 Å². The highest BCUT2D eigenvalue weighted by molar-refractivity contribution is 7.22. The van der Waals surface area contributed by atoms with Gasteiger partial charge in [-0.25, -0.2) is 19.9 Å². The van der Waals surface area contributed by atoms with E-state index in [0.29, 0.717) is 26.9 Å². The summed E-state index contributed by atoms with van der Waals surface area (Å²) in [5.74, 6) is 0.0929. The molecule has 4 aromatic rings. The first-order valence-electron chi connectivity index (χ1n) is 7.04. The van der Waals surface area contributed by atoms with E-state index in [2.05, 4.69) is 30.6 Å². The van der Waals surface area contributed by atoms with Crippen LogP contribution in [0.5, 0.6) is 0 Å². The molecular formula is C15H9ClN6OS2. The lowest BCUT2D eigenvalue weighted by atomic mass is 10.3. The van der Waals surface area contributed by atoms with Crippen molar-refractivity contribution >= 4 is 66.6 Å². The normalized spacial score (nSPS) is 10.8. The molecule has 1 aromatic carbocycles. The van der Waals surface area contributed by atoms with Gasteiger partial charge in [-0.2, -0.15) is 0 Å². The zero-order valence-corrected chi connectivity index (χ0v) is 14.8. The van der Waals surface area contributed by atoms with Crippen molar-refractivity contribution in [2.75, 3.05) is 10.6 Å². The number of aromatic nitrogens is 4. The minimum atomic E-state index is -0.330. The lowest BCUT2D eigenvalue weighted by Gasteiger charge is -1.99. The number of anilines is 3. The molecule has 124 valence electrons. The third-order valence-electron chi connectivity index (χ3n) is 3.09. The number of rotatable bonds is 4. The van der Waals surface area contributed by atoms with Gasteiger partial charge in [0.1, 0.15) is 5.69 Å². The average Bonchev–Trinajstić information content (AvgIpc) is 3.22. The van der Waals surface area contributed by atoms with E-state index in [1.54, 1.807) is 29.9 Å². The fourth-order valence-corrected chi connectivity index (χ4v) is 3.83. The molecule has 0 saturated heterocycles. The zero-order valence-electron chi connectivity index (χ0n) is 12.4. The van der Waals surface area contributed by atoms with Gasteiger partial charge in [0, 0.05) is 22.8 Å². The van der Waals surface area contributed by atoms with Gasteiger partial charge >= 0.3 is 0 Å². The van der Waals surface area contributed by atoms with Crippen molar-refractivity contribution in [3.8, 4) is 0 Å². The van der Waals surface area contributed by atoms with Crippen molar-refractivity contribution in [2.24, 2.45) is 0 Å². The minimum absolute atomic E-state index is 0.292. The summed E-state index contributed by atoms with van der Waals surface area (Å²) in [6.07, 6.45) is 3.24.